The van der Waals surface area contributed by atoms with E-state index in [1.54, 1.807) is 0 Å². The molecule has 4 nitrogen and oxygen atoms in total. The average Bonchev–Trinajstić information content (AvgIpc) is 2.40. The highest BCUT2D eigenvalue weighted by molar-refractivity contribution is 4.88. The number of likely N-dealkylation sites (N-methyl/N-ethyl adjacent to an activating group) is 1. The molecule has 0 bridgehead atoms. The number of ether oxygens (including phenoxy) is 1. The Morgan fingerprint density at radius 2 is 2.00 bits per heavy atom. The maximum Gasteiger partial charge on any atom is 0.0501 e. The van der Waals surface area contributed by atoms with Crippen LogP contribution in [0.15, 0.2) is 0 Å². The van der Waals surface area contributed by atoms with Gasteiger partial charge in [0.25, 0.3) is 0 Å². The Hall–Kier alpha value is -0.160. The van der Waals surface area contributed by atoms with Gasteiger partial charge in [0.1, 0.15) is 0 Å². The minimum absolute atomic E-state index is 0.0896. The Labute approximate surface area is 111 Å². The van der Waals surface area contributed by atoms with Gasteiger partial charge >= 0.3 is 0 Å². The molecule has 1 N–H and O–H groups in total. The third kappa shape index (κ3) is 3.23. The summed E-state index contributed by atoms with van der Waals surface area (Å²) in [7, 11) is 0. The lowest BCUT2D eigenvalue weighted by atomic mass is 9.80. The van der Waals surface area contributed by atoms with Crippen molar-refractivity contribution in [2.24, 2.45) is 5.41 Å². The highest BCUT2D eigenvalue weighted by Crippen LogP contribution is 2.31. The van der Waals surface area contributed by atoms with Gasteiger partial charge in [0.15, 0.2) is 0 Å². The first-order chi connectivity index (χ1) is 8.69. The van der Waals surface area contributed by atoms with Gasteiger partial charge in [-0.3, -0.25) is 9.80 Å². The minimum Gasteiger partial charge on any atom is -0.396 e. The predicted octanol–water partition coefficient (Wildman–Crippen LogP) is 0.802. The molecule has 1 unspecified atom stereocenters. The van der Waals surface area contributed by atoms with Gasteiger partial charge in [-0.25, -0.2) is 0 Å². The summed E-state index contributed by atoms with van der Waals surface area (Å²) in [5, 5.41) is 9.74. The zero-order chi connectivity index (χ0) is 13.0. The van der Waals surface area contributed by atoms with Crippen molar-refractivity contribution < 1.29 is 9.84 Å². The largest absolute Gasteiger partial charge is 0.396 e. The van der Waals surface area contributed by atoms with Gasteiger partial charge in [-0.1, -0.05) is 6.92 Å². The monoisotopic (exact) mass is 256 g/mol. The van der Waals surface area contributed by atoms with Gasteiger partial charge in [-0.15, -0.1) is 0 Å². The third-order valence-electron chi connectivity index (χ3n) is 4.70. The molecule has 2 rings (SSSR count). The number of hydrogen-bond acceptors (Lipinski definition) is 4. The summed E-state index contributed by atoms with van der Waals surface area (Å²) >= 11 is 0. The van der Waals surface area contributed by atoms with E-state index in [-0.39, 0.29) is 5.41 Å². The average molecular weight is 256 g/mol. The van der Waals surface area contributed by atoms with E-state index < -0.39 is 0 Å². The van der Waals surface area contributed by atoms with Crippen molar-refractivity contribution in [1.82, 2.24) is 9.80 Å². The van der Waals surface area contributed by atoms with Gasteiger partial charge in [-0.05, 0) is 26.3 Å². The molecule has 2 fully saturated rings. The second kappa shape index (κ2) is 6.33. The molecule has 2 aliphatic rings. The fourth-order valence-electron chi connectivity index (χ4n) is 3.33. The second-order valence-corrected chi connectivity index (χ2v) is 5.98. The van der Waals surface area contributed by atoms with E-state index in [9.17, 15) is 5.11 Å². The number of rotatable bonds is 4. The van der Waals surface area contributed by atoms with Crippen molar-refractivity contribution in [1.29, 1.82) is 0 Å². The summed E-state index contributed by atoms with van der Waals surface area (Å²) < 4.78 is 5.43. The molecule has 0 aromatic rings. The quantitative estimate of drug-likeness (QED) is 0.807. The second-order valence-electron chi connectivity index (χ2n) is 5.98. The summed E-state index contributed by atoms with van der Waals surface area (Å²) in [6.45, 7) is 12.1. The van der Waals surface area contributed by atoms with Gasteiger partial charge < -0.3 is 9.84 Å². The molecule has 0 aromatic carbocycles. The van der Waals surface area contributed by atoms with Crippen LogP contribution in [0.3, 0.4) is 0 Å². The molecule has 0 saturated carbocycles. The van der Waals surface area contributed by atoms with Crippen LogP contribution < -0.4 is 0 Å². The van der Waals surface area contributed by atoms with Crippen molar-refractivity contribution in [3.63, 3.8) is 0 Å². The van der Waals surface area contributed by atoms with E-state index in [1.165, 1.54) is 0 Å². The zero-order valence-corrected chi connectivity index (χ0v) is 11.9. The Bertz CT molecular complexity index is 254. The summed E-state index contributed by atoms with van der Waals surface area (Å²) in [4.78, 5) is 5.07. The van der Waals surface area contributed by atoms with E-state index in [4.69, 9.17) is 4.74 Å². The van der Waals surface area contributed by atoms with Crippen molar-refractivity contribution >= 4 is 0 Å². The molecular weight excluding hydrogens is 228 g/mol. The smallest absolute Gasteiger partial charge is 0.0501 e. The summed E-state index contributed by atoms with van der Waals surface area (Å²) in [5.74, 6) is 0. The van der Waals surface area contributed by atoms with Crippen molar-refractivity contribution in [2.45, 2.75) is 32.7 Å². The number of piperazine rings is 1. The molecule has 2 saturated heterocycles. The molecule has 0 spiro atoms. The zero-order valence-electron chi connectivity index (χ0n) is 11.9. The third-order valence-corrected chi connectivity index (χ3v) is 4.70. The van der Waals surface area contributed by atoms with E-state index in [1.807, 2.05) is 0 Å². The molecule has 4 heteroatoms. The molecule has 2 heterocycles. The minimum atomic E-state index is 0.0896. The topological polar surface area (TPSA) is 35.9 Å². The lowest BCUT2D eigenvalue weighted by Gasteiger charge is -2.45. The van der Waals surface area contributed by atoms with Crippen LogP contribution in [0.5, 0.6) is 0 Å². The fourth-order valence-corrected chi connectivity index (χ4v) is 3.33. The molecule has 0 amide bonds. The Kier molecular flexibility index (Phi) is 5.01. The Balaban J connectivity index is 1.88. The summed E-state index contributed by atoms with van der Waals surface area (Å²) in [6, 6.07) is 0.638. The first-order valence-electron chi connectivity index (χ1n) is 7.34. The molecule has 0 radical (unpaired) electrons. The molecular formula is C14H28N2O2. The van der Waals surface area contributed by atoms with Gasteiger partial charge in [0.2, 0.25) is 0 Å². The highest BCUT2D eigenvalue weighted by Gasteiger charge is 2.35. The van der Waals surface area contributed by atoms with Crippen LogP contribution in [-0.2, 0) is 4.74 Å². The Morgan fingerprint density at radius 1 is 1.28 bits per heavy atom. The molecule has 0 aliphatic carbocycles. The van der Waals surface area contributed by atoms with Crippen LogP contribution in [0.4, 0.5) is 0 Å². The van der Waals surface area contributed by atoms with Crippen LogP contribution in [0.2, 0.25) is 0 Å². The van der Waals surface area contributed by atoms with Crippen molar-refractivity contribution in [2.75, 3.05) is 52.5 Å². The van der Waals surface area contributed by atoms with Crippen LogP contribution in [0, 0.1) is 5.41 Å². The number of hydrogen-bond donors (Lipinski definition) is 1. The van der Waals surface area contributed by atoms with Crippen molar-refractivity contribution in [3.05, 3.63) is 0 Å². The fraction of sp³-hybridized carbons (Fsp3) is 1.00. The molecule has 1 atom stereocenters. The SMILES string of the molecule is CCN1CCN(CC2(CO)CCOCC2)CC1C. The van der Waals surface area contributed by atoms with E-state index in [0.717, 1.165) is 58.8 Å². The van der Waals surface area contributed by atoms with Crippen LogP contribution in [-0.4, -0.2) is 73.5 Å². The van der Waals surface area contributed by atoms with Crippen LogP contribution in [0.1, 0.15) is 26.7 Å². The highest BCUT2D eigenvalue weighted by atomic mass is 16.5. The van der Waals surface area contributed by atoms with Gasteiger partial charge in [0.05, 0.1) is 6.61 Å². The van der Waals surface area contributed by atoms with E-state index in [0.29, 0.717) is 12.6 Å². The standard InChI is InChI=1S/C14H28N2O2/c1-3-16-7-6-15(10-13(16)2)11-14(12-17)4-8-18-9-5-14/h13,17H,3-12H2,1-2H3. The first kappa shape index (κ1) is 14.3. The lowest BCUT2D eigenvalue weighted by molar-refractivity contribution is -0.0448. The molecule has 106 valence electrons. The van der Waals surface area contributed by atoms with Crippen LogP contribution >= 0.6 is 0 Å². The van der Waals surface area contributed by atoms with Crippen molar-refractivity contribution in [3.8, 4) is 0 Å². The maximum atomic E-state index is 9.74. The summed E-state index contributed by atoms with van der Waals surface area (Å²) in [5.41, 5.74) is 0.0896. The van der Waals surface area contributed by atoms with Gasteiger partial charge in [-0.2, -0.15) is 0 Å². The first-order valence-corrected chi connectivity index (χ1v) is 7.34. The molecule has 0 aromatic heterocycles. The Morgan fingerprint density at radius 3 is 2.56 bits per heavy atom. The lowest BCUT2D eigenvalue weighted by Crippen LogP contribution is -2.55. The predicted molar refractivity (Wildman–Crippen MR) is 72.7 cm³/mol. The van der Waals surface area contributed by atoms with E-state index >= 15 is 0 Å². The van der Waals surface area contributed by atoms with Crippen LogP contribution in [0.25, 0.3) is 0 Å². The van der Waals surface area contributed by atoms with Gasteiger partial charge in [0, 0.05) is 50.8 Å². The number of nitrogens with zero attached hydrogens (tertiary/aromatic N) is 2. The van der Waals surface area contributed by atoms with E-state index in [2.05, 4.69) is 23.6 Å². The normalized spacial score (nSPS) is 30.5. The summed E-state index contributed by atoms with van der Waals surface area (Å²) in [6.07, 6.45) is 2.01. The molecule has 18 heavy (non-hydrogen) atoms. The molecule has 2 aliphatic heterocycles. The maximum absolute atomic E-state index is 9.74. The number of aliphatic hydroxyl groups excluding tert-OH is 1. The number of aliphatic hydroxyl groups is 1.